The SMILES string of the molecule is CCOC(=O)/C(C#N)=C1/SCC(=O)N1c1ccccc1. The topological polar surface area (TPSA) is 70.4 Å². The van der Waals surface area contributed by atoms with E-state index in [9.17, 15) is 14.9 Å². The number of benzene rings is 1. The van der Waals surface area contributed by atoms with Crippen molar-refractivity contribution in [3.05, 3.63) is 40.9 Å². The predicted molar refractivity (Wildman–Crippen MR) is 75.7 cm³/mol. The maximum absolute atomic E-state index is 12.0. The standard InChI is InChI=1S/C14H12N2O3S/c1-2-19-14(18)11(8-15)13-16(12(17)9-20-13)10-6-4-3-5-7-10/h3-7H,2,9H2,1H3/b13-11+. The number of hydrogen-bond donors (Lipinski definition) is 0. The first-order chi connectivity index (χ1) is 9.69. The lowest BCUT2D eigenvalue weighted by molar-refractivity contribution is -0.138. The van der Waals surface area contributed by atoms with Crippen molar-refractivity contribution in [2.24, 2.45) is 0 Å². The van der Waals surface area contributed by atoms with Crippen molar-refractivity contribution in [2.75, 3.05) is 17.3 Å². The summed E-state index contributed by atoms with van der Waals surface area (Å²) in [5, 5.41) is 9.51. The number of para-hydroxylation sites is 1. The van der Waals surface area contributed by atoms with Gasteiger partial charge >= 0.3 is 5.97 Å². The molecule has 1 heterocycles. The summed E-state index contributed by atoms with van der Waals surface area (Å²) >= 11 is 1.17. The summed E-state index contributed by atoms with van der Waals surface area (Å²) in [5.74, 6) is -0.657. The molecule has 0 saturated carbocycles. The van der Waals surface area contributed by atoms with Gasteiger partial charge in [-0.05, 0) is 19.1 Å². The maximum Gasteiger partial charge on any atom is 0.351 e. The number of anilines is 1. The summed E-state index contributed by atoms with van der Waals surface area (Å²) in [6, 6.07) is 10.8. The van der Waals surface area contributed by atoms with Crippen molar-refractivity contribution in [3.63, 3.8) is 0 Å². The smallest absolute Gasteiger partial charge is 0.351 e. The Morgan fingerprint density at radius 3 is 2.75 bits per heavy atom. The van der Waals surface area contributed by atoms with Gasteiger partial charge in [0, 0.05) is 5.69 Å². The molecule has 0 aromatic heterocycles. The Morgan fingerprint density at radius 1 is 1.45 bits per heavy atom. The second-order valence-electron chi connectivity index (χ2n) is 3.87. The number of rotatable bonds is 3. The number of carbonyl (C=O) groups is 2. The number of carbonyl (C=O) groups excluding carboxylic acids is 2. The molecule has 1 saturated heterocycles. The third kappa shape index (κ3) is 2.68. The highest BCUT2D eigenvalue weighted by molar-refractivity contribution is 8.04. The van der Waals surface area contributed by atoms with Crippen molar-refractivity contribution in [1.29, 1.82) is 5.26 Å². The minimum Gasteiger partial charge on any atom is -0.462 e. The van der Waals surface area contributed by atoms with Crippen molar-refractivity contribution in [3.8, 4) is 6.07 Å². The van der Waals surface area contributed by atoms with Gasteiger partial charge in [0.1, 0.15) is 11.1 Å². The van der Waals surface area contributed by atoms with E-state index in [0.717, 1.165) is 0 Å². The van der Waals surface area contributed by atoms with E-state index in [0.29, 0.717) is 10.7 Å². The molecule has 20 heavy (non-hydrogen) atoms. The van der Waals surface area contributed by atoms with Crippen LogP contribution in [0.25, 0.3) is 0 Å². The van der Waals surface area contributed by atoms with E-state index in [2.05, 4.69) is 0 Å². The summed E-state index contributed by atoms with van der Waals surface area (Å²) < 4.78 is 4.86. The number of hydrogen-bond acceptors (Lipinski definition) is 5. The van der Waals surface area contributed by atoms with E-state index in [4.69, 9.17) is 4.74 Å². The minimum absolute atomic E-state index is 0.133. The van der Waals surface area contributed by atoms with Gasteiger partial charge < -0.3 is 4.74 Å². The molecule has 0 radical (unpaired) electrons. The number of ether oxygens (including phenoxy) is 1. The van der Waals surface area contributed by atoms with Crippen LogP contribution in [0.2, 0.25) is 0 Å². The molecular formula is C14H12N2O3S. The lowest BCUT2D eigenvalue weighted by atomic mass is 10.2. The van der Waals surface area contributed by atoms with E-state index < -0.39 is 5.97 Å². The highest BCUT2D eigenvalue weighted by Gasteiger charge is 2.33. The Hall–Kier alpha value is -2.26. The average Bonchev–Trinajstić information content (AvgIpc) is 2.83. The first-order valence-corrected chi connectivity index (χ1v) is 7.00. The largest absolute Gasteiger partial charge is 0.462 e. The van der Waals surface area contributed by atoms with Gasteiger partial charge in [-0.1, -0.05) is 30.0 Å². The van der Waals surface area contributed by atoms with Crippen LogP contribution in [0, 0.1) is 11.3 Å². The van der Waals surface area contributed by atoms with Crippen LogP contribution in [0.5, 0.6) is 0 Å². The Balaban J connectivity index is 2.46. The van der Waals surface area contributed by atoms with E-state index >= 15 is 0 Å². The zero-order chi connectivity index (χ0) is 14.5. The molecule has 0 N–H and O–H groups in total. The Bertz CT molecular complexity index is 605. The van der Waals surface area contributed by atoms with Crippen LogP contribution in [-0.4, -0.2) is 24.2 Å². The monoisotopic (exact) mass is 288 g/mol. The highest BCUT2D eigenvalue weighted by Crippen LogP contribution is 2.36. The molecule has 1 aromatic carbocycles. The summed E-state index contributed by atoms with van der Waals surface area (Å²) in [6.45, 7) is 1.85. The van der Waals surface area contributed by atoms with E-state index in [1.54, 1.807) is 31.2 Å². The molecule has 0 aliphatic carbocycles. The second-order valence-corrected chi connectivity index (χ2v) is 4.83. The molecular weight excluding hydrogens is 276 g/mol. The quantitative estimate of drug-likeness (QED) is 0.484. The first-order valence-electron chi connectivity index (χ1n) is 6.01. The fraction of sp³-hybridized carbons (Fsp3) is 0.214. The van der Waals surface area contributed by atoms with Crippen LogP contribution >= 0.6 is 11.8 Å². The van der Waals surface area contributed by atoms with Crippen molar-refractivity contribution in [2.45, 2.75) is 6.92 Å². The van der Waals surface area contributed by atoms with E-state index in [-0.39, 0.29) is 23.8 Å². The third-order valence-corrected chi connectivity index (χ3v) is 3.66. The normalized spacial score (nSPS) is 16.8. The molecule has 1 aliphatic heterocycles. The van der Waals surface area contributed by atoms with E-state index in [1.165, 1.54) is 16.7 Å². The molecule has 1 aromatic rings. The molecule has 0 atom stereocenters. The van der Waals surface area contributed by atoms with Gasteiger partial charge in [-0.3, -0.25) is 9.69 Å². The maximum atomic E-state index is 12.0. The summed E-state index contributed by atoms with van der Waals surface area (Å²) in [5.41, 5.74) is 0.501. The molecule has 102 valence electrons. The minimum atomic E-state index is -0.701. The Labute approximate surface area is 120 Å². The Morgan fingerprint density at radius 2 is 2.15 bits per heavy atom. The van der Waals surface area contributed by atoms with Gasteiger partial charge in [-0.2, -0.15) is 5.26 Å². The summed E-state index contributed by atoms with van der Waals surface area (Å²) in [6.07, 6.45) is 0. The number of amides is 1. The van der Waals surface area contributed by atoms with Crippen LogP contribution in [-0.2, 0) is 14.3 Å². The Kier molecular flexibility index (Phi) is 4.43. The fourth-order valence-electron chi connectivity index (χ4n) is 1.78. The molecule has 1 fully saturated rings. The van der Waals surface area contributed by atoms with E-state index in [1.807, 2.05) is 12.1 Å². The van der Waals surface area contributed by atoms with Crippen LogP contribution in [0.15, 0.2) is 40.9 Å². The zero-order valence-electron chi connectivity index (χ0n) is 10.8. The van der Waals surface area contributed by atoms with Gasteiger partial charge in [-0.15, -0.1) is 0 Å². The van der Waals surface area contributed by atoms with Crippen molar-refractivity contribution < 1.29 is 14.3 Å². The van der Waals surface area contributed by atoms with Crippen LogP contribution in [0.1, 0.15) is 6.92 Å². The summed E-state index contributed by atoms with van der Waals surface area (Å²) in [7, 11) is 0. The van der Waals surface area contributed by atoms with Gasteiger partial charge in [0.15, 0.2) is 5.57 Å². The van der Waals surface area contributed by atoms with Crippen molar-refractivity contribution in [1.82, 2.24) is 0 Å². The number of thioether (sulfide) groups is 1. The number of nitrogens with zero attached hydrogens (tertiary/aromatic N) is 2. The molecule has 0 bridgehead atoms. The second kappa shape index (κ2) is 6.26. The first kappa shape index (κ1) is 14.2. The molecule has 0 unspecified atom stereocenters. The fourth-order valence-corrected chi connectivity index (χ4v) is 2.78. The lowest BCUT2D eigenvalue weighted by Crippen LogP contribution is -2.25. The molecule has 5 nitrogen and oxygen atoms in total. The zero-order valence-corrected chi connectivity index (χ0v) is 11.6. The molecule has 1 aliphatic rings. The van der Waals surface area contributed by atoms with Gasteiger partial charge in [0.05, 0.1) is 12.4 Å². The van der Waals surface area contributed by atoms with Crippen LogP contribution in [0.3, 0.4) is 0 Å². The van der Waals surface area contributed by atoms with Gasteiger partial charge in [0.2, 0.25) is 5.91 Å². The lowest BCUT2D eigenvalue weighted by Gasteiger charge is -2.17. The number of esters is 1. The van der Waals surface area contributed by atoms with Crippen molar-refractivity contribution >= 4 is 29.3 Å². The summed E-state index contributed by atoms with van der Waals surface area (Å²) in [4.78, 5) is 25.2. The molecule has 2 rings (SSSR count). The van der Waals surface area contributed by atoms with Crippen LogP contribution < -0.4 is 4.90 Å². The number of nitriles is 1. The predicted octanol–water partition coefficient (Wildman–Crippen LogP) is 2.06. The highest BCUT2D eigenvalue weighted by atomic mass is 32.2. The molecule has 0 spiro atoms. The van der Waals surface area contributed by atoms with Gasteiger partial charge in [0.25, 0.3) is 0 Å². The molecule has 1 amide bonds. The van der Waals surface area contributed by atoms with Gasteiger partial charge in [-0.25, -0.2) is 4.79 Å². The van der Waals surface area contributed by atoms with Crippen LogP contribution in [0.4, 0.5) is 5.69 Å². The third-order valence-electron chi connectivity index (χ3n) is 2.60. The molecule has 6 heteroatoms. The average molecular weight is 288 g/mol.